The fourth-order valence-corrected chi connectivity index (χ4v) is 1.26. The first-order valence-electron chi connectivity index (χ1n) is 4.88. The zero-order valence-electron chi connectivity index (χ0n) is 8.28. The Morgan fingerprint density at radius 1 is 1.36 bits per heavy atom. The fraction of sp³-hybridized carbons (Fsp3) is 0.333. The molecule has 1 unspecified atom stereocenters. The Kier molecular flexibility index (Phi) is 4.94. The third-order valence-corrected chi connectivity index (χ3v) is 2.14. The lowest BCUT2D eigenvalue weighted by Gasteiger charge is -2.09. The first kappa shape index (κ1) is 10.9. The molecule has 1 atom stereocenters. The van der Waals surface area contributed by atoms with Crippen LogP contribution in [0.25, 0.3) is 0 Å². The van der Waals surface area contributed by atoms with E-state index in [4.69, 9.17) is 0 Å². The average molecular weight is 190 g/mol. The second kappa shape index (κ2) is 6.33. The molecule has 1 aromatic rings. The summed E-state index contributed by atoms with van der Waals surface area (Å²) >= 11 is 0. The lowest BCUT2D eigenvalue weighted by Crippen LogP contribution is -2.31. The Morgan fingerprint density at radius 3 is 2.64 bits per heavy atom. The van der Waals surface area contributed by atoms with Gasteiger partial charge in [-0.3, -0.25) is 0 Å². The predicted molar refractivity (Wildman–Crippen MR) is 58.0 cm³/mol. The van der Waals surface area contributed by atoms with Gasteiger partial charge in [0.05, 0.1) is 6.04 Å². The van der Waals surface area contributed by atoms with E-state index in [1.807, 2.05) is 18.2 Å². The SMILES string of the molecule is [CH2]CC(C=O)NCCc1ccccc1. The summed E-state index contributed by atoms with van der Waals surface area (Å²) in [5.41, 5.74) is 1.29. The summed E-state index contributed by atoms with van der Waals surface area (Å²) in [4.78, 5) is 10.5. The molecule has 0 saturated carbocycles. The van der Waals surface area contributed by atoms with Crippen molar-refractivity contribution in [1.29, 1.82) is 0 Å². The second-order valence-corrected chi connectivity index (χ2v) is 3.22. The molecule has 1 N–H and O–H groups in total. The van der Waals surface area contributed by atoms with Crippen molar-refractivity contribution in [3.8, 4) is 0 Å². The maximum absolute atomic E-state index is 10.5. The highest BCUT2D eigenvalue weighted by Gasteiger charge is 2.01. The summed E-state index contributed by atoms with van der Waals surface area (Å²) in [6, 6.07) is 10.1. The smallest absolute Gasteiger partial charge is 0.136 e. The van der Waals surface area contributed by atoms with Crippen molar-refractivity contribution in [2.75, 3.05) is 6.54 Å². The summed E-state index contributed by atoms with van der Waals surface area (Å²) in [5.74, 6) is 0. The van der Waals surface area contributed by atoms with Crippen molar-refractivity contribution in [1.82, 2.24) is 5.32 Å². The van der Waals surface area contributed by atoms with Gasteiger partial charge in [0.1, 0.15) is 6.29 Å². The minimum Gasteiger partial charge on any atom is -0.307 e. The molecule has 1 radical (unpaired) electrons. The van der Waals surface area contributed by atoms with Crippen LogP contribution in [0.5, 0.6) is 0 Å². The van der Waals surface area contributed by atoms with Crippen molar-refractivity contribution < 1.29 is 4.79 Å². The van der Waals surface area contributed by atoms with Gasteiger partial charge in [-0.25, -0.2) is 0 Å². The molecule has 1 rings (SSSR count). The summed E-state index contributed by atoms with van der Waals surface area (Å²) in [5, 5.41) is 3.14. The van der Waals surface area contributed by atoms with E-state index in [1.165, 1.54) is 5.56 Å². The van der Waals surface area contributed by atoms with Gasteiger partial charge in [-0.15, -0.1) is 0 Å². The Bertz CT molecular complexity index is 258. The monoisotopic (exact) mass is 190 g/mol. The molecular weight excluding hydrogens is 174 g/mol. The molecule has 2 heteroatoms. The Labute approximate surface area is 85.3 Å². The number of carbonyl (C=O) groups is 1. The molecule has 0 spiro atoms. The molecule has 0 aromatic heterocycles. The van der Waals surface area contributed by atoms with Crippen molar-refractivity contribution >= 4 is 6.29 Å². The van der Waals surface area contributed by atoms with Crippen molar-refractivity contribution in [3.05, 3.63) is 42.8 Å². The van der Waals surface area contributed by atoms with Crippen LogP contribution in [0, 0.1) is 6.92 Å². The van der Waals surface area contributed by atoms with E-state index in [2.05, 4.69) is 24.4 Å². The lowest BCUT2D eigenvalue weighted by atomic mass is 10.1. The van der Waals surface area contributed by atoms with Crippen LogP contribution >= 0.6 is 0 Å². The second-order valence-electron chi connectivity index (χ2n) is 3.22. The van der Waals surface area contributed by atoms with Gasteiger partial charge in [0.2, 0.25) is 0 Å². The Hall–Kier alpha value is -1.15. The van der Waals surface area contributed by atoms with Gasteiger partial charge >= 0.3 is 0 Å². The zero-order chi connectivity index (χ0) is 10.2. The highest BCUT2D eigenvalue weighted by atomic mass is 16.1. The molecule has 1 aromatic carbocycles. The lowest BCUT2D eigenvalue weighted by molar-refractivity contribution is -0.109. The minimum absolute atomic E-state index is 0.0984. The molecular formula is C12H16NO. The molecule has 2 nitrogen and oxygen atoms in total. The number of rotatable bonds is 6. The van der Waals surface area contributed by atoms with Crippen LogP contribution < -0.4 is 5.32 Å². The third-order valence-electron chi connectivity index (χ3n) is 2.14. The number of carbonyl (C=O) groups excluding carboxylic acids is 1. The van der Waals surface area contributed by atoms with Crippen LogP contribution in [-0.4, -0.2) is 18.9 Å². The summed E-state index contributed by atoms with van der Waals surface area (Å²) in [7, 11) is 0. The number of aldehydes is 1. The largest absolute Gasteiger partial charge is 0.307 e. The van der Waals surface area contributed by atoms with Gasteiger partial charge in [-0.05, 0) is 24.9 Å². The van der Waals surface area contributed by atoms with E-state index in [0.29, 0.717) is 6.42 Å². The summed E-state index contributed by atoms with van der Waals surface area (Å²) in [6.07, 6.45) is 2.47. The van der Waals surface area contributed by atoms with E-state index >= 15 is 0 Å². The van der Waals surface area contributed by atoms with Crippen LogP contribution in [-0.2, 0) is 11.2 Å². The first-order chi connectivity index (χ1) is 6.86. The Morgan fingerprint density at radius 2 is 2.07 bits per heavy atom. The fourth-order valence-electron chi connectivity index (χ4n) is 1.26. The van der Waals surface area contributed by atoms with Gasteiger partial charge in [-0.1, -0.05) is 37.3 Å². The molecule has 0 amide bonds. The van der Waals surface area contributed by atoms with Gasteiger partial charge in [0.25, 0.3) is 0 Å². The van der Waals surface area contributed by atoms with Crippen LogP contribution in [0.3, 0.4) is 0 Å². The number of hydrogen-bond donors (Lipinski definition) is 1. The van der Waals surface area contributed by atoms with E-state index in [9.17, 15) is 4.79 Å². The highest BCUT2D eigenvalue weighted by molar-refractivity contribution is 5.57. The topological polar surface area (TPSA) is 29.1 Å². The maximum Gasteiger partial charge on any atom is 0.136 e. The quantitative estimate of drug-likeness (QED) is 0.690. The first-order valence-corrected chi connectivity index (χ1v) is 4.88. The predicted octanol–water partition coefficient (Wildman–Crippen LogP) is 1.61. The van der Waals surface area contributed by atoms with Crippen molar-refractivity contribution in [3.63, 3.8) is 0 Å². The minimum atomic E-state index is -0.0984. The zero-order valence-corrected chi connectivity index (χ0v) is 8.28. The average Bonchev–Trinajstić information content (AvgIpc) is 2.26. The summed E-state index contributed by atoms with van der Waals surface area (Å²) < 4.78 is 0. The van der Waals surface area contributed by atoms with E-state index in [1.54, 1.807) is 0 Å². The molecule has 0 fully saturated rings. The number of benzene rings is 1. The van der Waals surface area contributed by atoms with Gasteiger partial charge in [-0.2, -0.15) is 0 Å². The highest BCUT2D eigenvalue weighted by Crippen LogP contribution is 1.98. The molecule has 0 aliphatic carbocycles. The number of hydrogen-bond acceptors (Lipinski definition) is 2. The Balaban J connectivity index is 2.25. The maximum atomic E-state index is 10.5. The molecule has 75 valence electrons. The van der Waals surface area contributed by atoms with Crippen LogP contribution in [0.2, 0.25) is 0 Å². The third kappa shape index (κ3) is 3.71. The van der Waals surface area contributed by atoms with Crippen LogP contribution in [0.4, 0.5) is 0 Å². The molecule has 0 heterocycles. The normalized spacial score (nSPS) is 12.4. The number of nitrogens with one attached hydrogen (secondary N) is 1. The molecule has 0 aliphatic rings. The van der Waals surface area contributed by atoms with Crippen molar-refractivity contribution in [2.45, 2.75) is 18.9 Å². The van der Waals surface area contributed by atoms with E-state index in [0.717, 1.165) is 19.3 Å². The van der Waals surface area contributed by atoms with E-state index in [-0.39, 0.29) is 6.04 Å². The van der Waals surface area contributed by atoms with Crippen molar-refractivity contribution in [2.24, 2.45) is 0 Å². The molecule has 0 bridgehead atoms. The molecule has 14 heavy (non-hydrogen) atoms. The van der Waals surface area contributed by atoms with Gasteiger partial charge in [0, 0.05) is 0 Å². The van der Waals surface area contributed by atoms with E-state index < -0.39 is 0 Å². The molecule has 0 saturated heterocycles. The summed E-state index contributed by atoms with van der Waals surface area (Å²) in [6.45, 7) is 4.51. The van der Waals surface area contributed by atoms with Gasteiger partial charge in [0.15, 0.2) is 0 Å². The molecule has 0 aliphatic heterocycles. The van der Waals surface area contributed by atoms with Crippen LogP contribution in [0.15, 0.2) is 30.3 Å². The standard InChI is InChI=1S/C12H16NO/c1-2-12(10-14)13-9-8-11-6-4-3-5-7-11/h3-7,10,12-13H,1-2,8-9H2. The van der Waals surface area contributed by atoms with Crippen LogP contribution in [0.1, 0.15) is 12.0 Å². The van der Waals surface area contributed by atoms with Gasteiger partial charge < -0.3 is 10.1 Å².